The molecule has 0 aliphatic rings. The third-order valence-corrected chi connectivity index (χ3v) is 3.72. The van der Waals surface area contributed by atoms with E-state index in [1.165, 1.54) is 13.0 Å². The Hall–Kier alpha value is -2.83. The minimum atomic E-state index is -1.12. The molecule has 7 nitrogen and oxygen atoms in total. The SMILES string of the molecule is CCCCc1cc(=O)oc2cc(OCC(=O)NC(C)C(=O)O)ccc12. The first-order chi connectivity index (χ1) is 11.9. The molecule has 2 N–H and O–H groups in total. The largest absolute Gasteiger partial charge is 0.484 e. The van der Waals surface area contributed by atoms with Gasteiger partial charge in [-0.1, -0.05) is 13.3 Å². The first-order valence-electron chi connectivity index (χ1n) is 8.12. The van der Waals surface area contributed by atoms with Crippen LogP contribution in [0.2, 0.25) is 0 Å². The minimum absolute atomic E-state index is 0.330. The van der Waals surface area contributed by atoms with Crippen molar-refractivity contribution in [1.82, 2.24) is 5.32 Å². The Morgan fingerprint density at radius 1 is 1.32 bits per heavy atom. The molecular formula is C18H21NO6. The third-order valence-electron chi connectivity index (χ3n) is 3.72. The van der Waals surface area contributed by atoms with Gasteiger partial charge < -0.3 is 19.6 Å². The van der Waals surface area contributed by atoms with E-state index in [1.54, 1.807) is 18.2 Å². The molecule has 1 amide bonds. The Kier molecular flexibility index (Phi) is 6.16. The second kappa shape index (κ2) is 8.32. The van der Waals surface area contributed by atoms with Gasteiger partial charge in [0.05, 0.1) is 0 Å². The standard InChI is InChI=1S/C18H21NO6/c1-3-4-5-12-8-17(21)25-15-9-13(6-7-14(12)15)24-10-16(20)19-11(2)18(22)23/h6-9,11H,3-5,10H2,1-2H3,(H,19,20)(H,22,23). The number of aryl methyl sites for hydroxylation is 1. The zero-order valence-electron chi connectivity index (χ0n) is 14.2. The second-order valence-electron chi connectivity index (χ2n) is 5.77. The van der Waals surface area contributed by atoms with Crippen molar-refractivity contribution in [3.05, 3.63) is 40.2 Å². The average Bonchev–Trinajstić information content (AvgIpc) is 2.57. The zero-order chi connectivity index (χ0) is 18.4. The van der Waals surface area contributed by atoms with Crippen LogP contribution in [0.5, 0.6) is 5.75 Å². The van der Waals surface area contributed by atoms with Gasteiger partial charge in [-0.05, 0) is 37.5 Å². The molecule has 1 heterocycles. The van der Waals surface area contributed by atoms with Gasteiger partial charge in [0.15, 0.2) is 6.61 Å². The lowest BCUT2D eigenvalue weighted by Gasteiger charge is -2.11. The molecule has 0 bridgehead atoms. The number of carbonyl (C=O) groups is 2. The normalized spacial score (nSPS) is 11.9. The molecule has 0 saturated carbocycles. The fraction of sp³-hybridized carbons (Fsp3) is 0.389. The quantitative estimate of drug-likeness (QED) is 0.709. The fourth-order valence-corrected chi connectivity index (χ4v) is 2.37. The van der Waals surface area contributed by atoms with Crippen molar-refractivity contribution in [2.24, 2.45) is 0 Å². The molecule has 134 valence electrons. The number of hydrogen-bond donors (Lipinski definition) is 2. The Morgan fingerprint density at radius 2 is 2.08 bits per heavy atom. The monoisotopic (exact) mass is 347 g/mol. The summed E-state index contributed by atoms with van der Waals surface area (Å²) in [5, 5.41) is 11.9. The predicted molar refractivity (Wildman–Crippen MR) is 91.8 cm³/mol. The molecule has 1 aromatic heterocycles. The minimum Gasteiger partial charge on any atom is -0.484 e. The Bertz CT molecular complexity index is 826. The third kappa shape index (κ3) is 5.07. The molecule has 25 heavy (non-hydrogen) atoms. The van der Waals surface area contributed by atoms with Crippen LogP contribution in [0.1, 0.15) is 32.3 Å². The number of carbonyl (C=O) groups excluding carboxylic acids is 1. The number of carboxylic acid groups (broad SMARTS) is 1. The Labute approximate surface area is 144 Å². The summed E-state index contributed by atoms with van der Waals surface area (Å²) in [6, 6.07) is 5.54. The number of rotatable bonds is 8. The van der Waals surface area contributed by atoms with E-state index in [0.717, 1.165) is 30.2 Å². The van der Waals surface area contributed by atoms with Crippen LogP contribution in [0, 0.1) is 0 Å². The summed E-state index contributed by atoms with van der Waals surface area (Å²) in [7, 11) is 0. The van der Waals surface area contributed by atoms with E-state index in [-0.39, 0.29) is 6.61 Å². The molecule has 1 unspecified atom stereocenters. The maximum atomic E-state index is 11.7. The van der Waals surface area contributed by atoms with Crippen molar-refractivity contribution in [2.75, 3.05) is 6.61 Å². The van der Waals surface area contributed by atoms with Gasteiger partial charge in [-0.25, -0.2) is 4.79 Å². The Balaban J connectivity index is 2.11. The number of aliphatic carboxylic acids is 1. The van der Waals surface area contributed by atoms with Crippen LogP contribution in [0.3, 0.4) is 0 Å². The van der Waals surface area contributed by atoms with Gasteiger partial charge in [0.2, 0.25) is 0 Å². The van der Waals surface area contributed by atoms with Crippen molar-refractivity contribution in [2.45, 2.75) is 39.2 Å². The molecule has 2 rings (SSSR count). The highest BCUT2D eigenvalue weighted by Gasteiger charge is 2.14. The van der Waals surface area contributed by atoms with Crippen LogP contribution >= 0.6 is 0 Å². The topological polar surface area (TPSA) is 106 Å². The lowest BCUT2D eigenvalue weighted by molar-refractivity contribution is -0.141. The van der Waals surface area contributed by atoms with Crippen molar-refractivity contribution < 1.29 is 23.8 Å². The maximum absolute atomic E-state index is 11.7. The van der Waals surface area contributed by atoms with Crippen LogP contribution < -0.4 is 15.7 Å². The molecule has 0 aliphatic carbocycles. The summed E-state index contributed by atoms with van der Waals surface area (Å²) in [6.45, 7) is 3.11. The van der Waals surface area contributed by atoms with Crippen molar-refractivity contribution in [3.8, 4) is 5.75 Å². The first-order valence-corrected chi connectivity index (χ1v) is 8.12. The van der Waals surface area contributed by atoms with E-state index in [9.17, 15) is 14.4 Å². The fourth-order valence-electron chi connectivity index (χ4n) is 2.37. The van der Waals surface area contributed by atoms with Crippen molar-refractivity contribution in [3.63, 3.8) is 0 Å². The lowest BCUT2D eigenvalue weighted by atomic mass is 10.0. The van der Waals surface area contributed by atoms with Crippen LogP contribution in [0.4, 0.5) is 0 Å². The number of amides is 1. The van der Waals surface area contributed by atoms with Crippen molar-refractivity contribution in [1.29, 1.82) is 0 Å². The number of unbranched alkanes of at least 4 members (excludes halogenated alkanes) is 1. The number of nitrogens with one attached hydrogen (secondary N) is 1. The highest BCUT2D eigenvalue weighted by atomic mass is 16.5. The summed E-state index contributed by atoms with van der Waals surface area (Å²) in [5.41, 5.74) is 0.895. The van der Waals surface area contributed by atoms with Crippen LogP contribution in [0.15, 0.2) is 33.5 Å². The van der Waals surface area contributed by atoms with Crippen LogP contribution in [-0.2, 0) is 16.0 Å². The molecule has 7 heteroatoms. The highest BCUT2D eigenvalue weighted by Crippen LogP contribution is 2.23. The van der Waals surface area contributed by atoms with Gasteiger partial charge in [-0.15, -0.1) is 0 Å². The van der Waals surface area contributed by atoms with Gasteiger partial charge in [-0.3, -0.25) is 9.59 Å². The molecule has 0 saturated heterocycles. The molecule has 1 atom stereocenters. The van der Waals surface area contributed by atoms with Crippen LogP contribution in [-0.4, -0.2) is 29.6 Å². The van der Waals surface area contributed by atoms with E-state index < -0.39 is 23.5 Å². The number of ether oxygens (including phenoxy) is 1. The number of benzene rings is 1. The van der Waals surface area contributed by atoms with E-state index in [1.807, 2.05) is 0 Å². The molecular weight excluding hydrogens is 326 g/mol. The smallest absolute Gasteiger partial charge is 0.336 e. The van der Waals surface area contributed by atoms with Gasteiger partial charge in [0.25, 0.3) is 5.91 Å². The number of hydrogen-bond acceptors (Lipinski definition) is 5. The van der Waals surface area contributed by atoms with Gasteiger partial charge >= 0.3 is 11.6 Å². The van der Waals surface area contributed by atoms with Crippen LogP contribution in [0.25, 0.3) is 11.0 Å². The molecule has 2 aromatic rings. The summed E-state index contributed by atoms with van der Waals surface area (Å²) in [4.78, 5) is 34.0. The predicted octanol–water partition coefficient (Wildman–Crippen LogP) is 2.10. The van der Waals surface area contributed by atoms with E-state index in [4.69, 9.17) is 14.3 Å². The van der Waals surface area contributed by atoms with Gasteiger partial charge in [-0.2, -0.15) is 0 Å². The lowest BCUT2D eigenvalue weighted by Crippen LogP contribution is -2.40. The van der Waals surface area contributed by atoms with E-state index >= 15 is 0 Å². The van der Waals surface area contributed by atoms with Gasteiger partial charge in [0.1, 0.15) is 17.4 Å². The molecule has 0 radical (unpaired) electrons. The van der Waals surface area contributed by atoms with Gasteiger partial charge in [0, 0.05) is 17.5 Å². The van der Waals surface area contributed by atoms with E-state index in [0.29, 0.717) is 11.3 Å². The molecule has 1 aromatic carbocycles. The number of fused-ring (bicyclic) bond motifs is 1. The summed E-state index contributed by atoms with van der Waals surface area (Å²) in [5.74, 6) is -1.31. The summed E-state index contributed by atoms with van der Waals surface area (Å²) in [6.07, 6.45) is 2.78. The molecule has 0 spiro atoms. The maximum Gasteiger partial charge on any atom is 0.336 e. The molecule has 0 aliphatic heterocycles. The highest BCUT2D eigenvalue weighted by molar-refractivity contribution is 5.84. The zero-order valence-corrected chi connectivity index (χ0v) is 14.2. The summed E-state index contributed by atoms with van der Waals surface area (Å²) < 4.78 is 10.6. The first kappa shape index (κ1) is 18.5. The summed E-state index contributed by atoms with van der Waals surface area (Å²) >= 11 is 0. The Morgan fingerprint density at radius 3 is 2.76 bits per heavy atom. The second-order valence-corrected chi connectivity index (χ2v) is 5.77. The van der Waals surface area contributed by atoms with Crippen molar-refractivity contribution >= 4 is 22.8 Å². The average molecular weight is 347 g/mol. The molecule has 0 fully saturated rings. The van der Waals surface area contributed by atoms with E-state index in [2.05, 4.69) is 12.2 Å². The number of carboxylic acids is 1.